The lowest BCUT2D eigenvalue weighted by Gasteiger charge is -2.24. The van der Waals surface area contributed by atoms with Crippen molar-refractivity contribution in [1.29, 1.82) is 0 Å². The number of benzene rings is 1. The molecule has 9 heteroatoms. The number of para-hydroxylation sites is 1. The van der Waals surface area contributed by atoms with Gasteiger partial charge in [-0.25, -0.2) is 9.78 Å². The smallest absolute Gasteiger partial charge is 0.465 e. The average Bonchev–Trinajstić information content (AvgIpc) is 3.31. The van der Waals surface area contributed by atoms with Gasteiger partial charge in [-0.1, -0.05) is 70.6 Å². The Labute approximate surface area is 225 Å². The lowest BCUT2D eigenvalue weighted by atomic mass is 9.87. The molecule has 0 saturated carbocycles. The molecule has 1 aromatic heterocycles. The first-order valence-corrected chi connectivity index (χ1v) is 13.6. The van der Waals surface area contributed by atoms with Gasteiger partial charge >= 0.3 is 18.1 Å². The lowest BCUT2D eigenvalue weighted by molar-refractivity contribution is -0.162. The predicted molar refractivity (Wildman–Crippen MR) is 142 cm³/mol. The topological polar surface area (TPSA) is 106 Å². The van der Waals surface area contributed by atoms with Crippen molar-refractivity contribution in [2.75, 3.05) is 13.4 Å². The van der Waals surface area contributed by atoms with Crippen molar-refractivity contribution < 1.29 is 33.3 Å². The highest BCUT2D eigenvalue weighted by Gasteiger charge is 2.30. The molecule has 38 heavy (non-hydrogen) atoms. The summed E-state index contributed by atoms with van der Waals surface area (Å²) in [5.41, 5.74) is 0.909. The molecule has 0 amide bonds. The zero-order valence-corrected chi connectivity index (χ0v) is 22.9. The first-order valence-electron chi connectivity index (χ1n) is 13.6. The molecule has 0 fully saturated rings. The monoisotopic (exact) mass is 530 g/mol. The number of rotatable bonds is 18. The van der Waals surface area contributed by atoms with E-state index in [9.17, 15) is 14.4 Å². The van der Waals surface area contributed by atoms with Gasteiger partial charge in [0.15, 0.2) is 0 Å². The highest BCUT2D eigenvalue weighted by atomic mass is 16.8. The highest BCUT2D eigenvalue weighted by Crippen LogP contribution is 2.23. The number of hydrogen-bond acceptors (Lipinski definition) is 8. The van der Waals surface area contributed by atoms with Crippen LogP contribution in [-0.4, -0.2) is 41.0 Å². The van der Waals surface area contributed by atoms with E-state index in [4.69, 9.17) is 18.9 Å². The van der Waals surface area contributed by atoms with Crippen molar-refractivity contribution in [2.24, 2.45) is 18.9 Å². The van der Waals surface area contributed by atoms with Crippen LogP contribution in [-0.2, 0) is 37.3 Å². The van der Waals surface area contributed by atoms with Gasteiger partial charge in [0, 0.05) is 31.3 Å². The molecule has 1 heterocycles. The number of nitrogens with zero attached hydrogens (tertiary/aromatic N) is 2. The number of carbonyl (C=O) groups is 3. The van der Waals surface area contributed by atoms with Crippen LogP contribution in [0.4, 0.5) is 4.79 Å². The average molecular weight is 531 g/mol. The molecule has 9 nitrogen and oxygen atoms in total. The first-order chi connectivity index (χ1) is 18.4. The van der Waals surface area contributed by atoms with E-state index < -0.39 is 24.8 Å². The second kappa shape index (κ2) is 18.0. The van der Waals surface area contributed by atoms with Gasteiger partial charge in [0.25, 0.3) is 0 Å². The van der Waals surface area contributed by atoms with Crippen LogP contribution in [0, 0.1) is 11.8 Å². The number of esters is 2. The fourth-order valence-electron chi connectivity index (χ4n) is 4.22. The van der Waals surface area contributed by atoms with Crippen molar-refractivity contribution in [3.8, 4) is 5.75 Å². The van der Waals surface area contributed by atoms with E-state index >= 15 is 0 Å². The van der Waals surface area contributed by atoms with E-state index in [0.29, 0.717) is 25.0 Å². The quantitative estimate of drug-likeness (QED) is 0.0999. The second-order valence-corrected chi connectivity index (χ2v) is 9.42. The van der Waals surface area contributed by atoms with Gasteiger partial charge in [-0.05, 0) is 31.4 Å². The molecule has 0 radical (unpaired) electrons. The number of unbranched alkanes of at least 4 members (excludes halogenated alkanes) is 6. The van der Waals surface area contributed by atoms with Crippen molar-refractivity contribution in [1.82, 2.24) is 9.55 Å². The molecule has 0 aliphatic heterocycles. The third kappa shape index (κ3) is 11.8. The molecule has 0 aliphatic carbocycles. The summed E-state index contributed by atoms with van der Waals surface area (Å²) in [6.45, 7) is 3.58. The van der Waals surface area contributed by atoms with Gasteiger partial charge in [0.05, 0.1) is 18.9 Å². The molecule has 210 valence electrons. The molecule has 2 rings (SSSR count). The minimum atomic E-state index is -0.970. The Bertz CT molecular complexity index is 961. The number of aryl methyl sites for hydroxylation is 1. The van der Waals surface area contributed by atoms with Gasteiger partial charge in [0.1, 0.15) is 5.75 Å². The Hall–Kier alpha value is -3.36. The number of ether oxygens (including phenoxy) is 4. The van der Waals surface area contributed by atoms with Crippen LogP contribution in [0.5, 0.6) is 5.75 Å². The van der Waals surface area contributed by atoms with Gasteiger partial charge in [0.2, 0.25) is 6.79 Å². The molecule has 0 N–H and O–H groups in total. The molecule has 0 aliphatic rings. The Morgan fingerprint density at radius 3 is 2.29 bits per heavy atom. The minimum Gasteiger partial charge on any atom is -0.465 e. The molecule has 0 unspecified atom stereocenters. The van der Waals surface area contributed by atoms with E-state index in [-0.39, 0.29) is 18.5 Å². The summed E-state index contributed by atoms with van der Waals surface area (Å²) in [7, 11) is 1.87. The fraction of sp³-hybridized carbons (Fsp3) is 0.586. The molecule has 2 atom stereocenters. The summed E-state index contributed by atoms with van der Waals surface area (Å²) in [6, 6.07) is 8.45. The summed E-state index contributed by atoms with van der Waals surface area (Å²) < 4.78 is 22.6. The van der Waals surface area contributed by atoms with Crippen LogP contribution in [0.25, 0.3) is 0 Å². The second-order valence-electron chi connectivity index (χ2n) is 9.42. The van der Waals surface area contributed by atoms with Crippen LogP contribution in [0.2, 0.25) is 0 Å². The zero-order chi connectivity index (χ0) is 27.6. The van der Waals surface area contributed by atoms with E-state index in [1.807, 2.05) is 18.5 Å². The summed E-state index contributed by atoms with van der Waals surface area (Å²) in [5, 5.41) is 0. The molecule has 0 saturated heterocycles. The van der Waals surface area contributed by atoms with E-state index in [1.54, 1.807) is 42.9 Å². The molecular formula is C29H42N2O7. The Kier molecular flexibility index (Phi) is 14.6. The zero-order valence-electron chi connectivity index (χ0n) is 22.9. The highest BCUT2D eigenvalue weighted by molar-refractivity contribution is 5.73. The maximum absolute atomic E-state index is 12.9. The SMILES string of the molecule is CCCCCCCCCC(=O)OC[C@H](Cc1cncn1C)[C@H](CC)C(=O)OCOC(=O)Oc1ccccc1. The Morgan fingerprint density at radius 1 is 0.921 bits per heavy atom. The molecule has 2 aromatic rings. The predicted octanol–water partition coefficient (Wildman–Crippen LogP) is 6.01. The van der Waals surface area contributed by atoms with Crippen molar-refractivity contribution >= 4 is 18.1 Å². The lowest BCUT2D eigenvalue weighted by Crippen LogP contribution is -2.32. The maximum atomic E-state index is 12.9. The third-order valence-electron chi connectivity index (χ3n) is 6.46. The minimum absolute atomic E-state index is 0.0883. The third-order valence-corrected chi connectivity index (χ3v) is 6.46. The van der Waals surface area contributed by atoms with Gasteiger partial charge in [-0.15, -0.1) is 0 Å². The van der Waals surface area contributed by atoms with E-state index in [1.165, 1.54) is 25.7 Å². The Balaban J connectivity index is 1.85. The molecule has 0 spiro atoms. The summed E-state index contributed by atoms with van der Waals surface area (Å²) >= 11 is 0. The van der Waals surface area contributed by atoms with Crippen LogP contribution >= 0.6 is 0 Å². The normalized spacial score (nSPS) is 12.4. The summed E-state index contributed by atoms with van der Waals surface area (Å²) in [5.74, 6) is -1.36. The first kappa shape index (κ1) is 30.9. The van der Waals surface area contributed by atoms with Crippen LogP contribution < -0.4 is 4.74 Å². The van der Waals surface area contributed by atoms with Gasteiger partial charge in [-0.2, -0.15) is 0 Å². The number of carbonyl (C=O) groups excluding carboxylic acids is 3. The van der Waals surface area contributed by atoms with Crippen LogP contribution in [0.3, 0.4) is 0 Å². The molecule has 0 bridgehead atoms. The van der Waals surface area contributed by atoms with Crippen molar-refractivity contribution in [2.45, 2.75) is 78.1 Å². The van der Waals surface area contributed by atoms with Crippen molar-refractivity contribution in [3.63, 3.8) is 0 Å². The molecule has 1 aromatic carbocycles. The maximum Gasteiger partial charge on any atom is 0.516 e. The van der Waals surface area contributed by atoms with Gasteiger partial charge in [-0.3, -0.25) is 9.59 Å². The molecular weight excluding hydrogens is 488 g/mol. The fourth-order valence-corrected chi connectivity index (χ4v) is 4.22. The van der Waals surface area contributed by atoms with Crippen LogP contribution in [0.15, 0.2) is 42.9 Å². The van der Waals surface area contributed by atoms with E-state index in [0.717, 1.165) is 25.0 Å². The number of hydrogen-bond donors (Lipinski definition) is 0. The summed E-state index contributed by atoms with van der Waals surface area (Å²) in [6.07, 6.45) is 11.6. The standard InChI is InChI=1S/C29H42N2O7/c1-4-6-7-8-9-10-14-17-27(32)35-20-23(18-24-19-30-21-31(24)3)26(5-2)28(33)36-22-37-29(34)38-25-15-12-11-13-16-25/h11-13,15-16,19,21,23,26H,4-10,14,17-18,20,22H2,1-3H3/t23-,26-/m0/s1. The summed E-state index contributed by atoms with van der Waals surface area (Å²) in [4.78, 5) is 41.3. The van der Waals surface area contributed by atoms with Crippen LogP contribution in [0.1, 0.15) is 77.3 Å². The number of imidazole rings is 1. The Morgan fingerprint density at radius 2 is 1.63 bits per heavy atom. The van der Waals surface area contributed by atoms with Gasteiger partial charge < -0.3 is 23.5 Å². The van der Waals surface area contributed by atoms with Crippen molar-refractivity contribution in [3.05, 3.63) is 48.5 Å². The number of aromatic nitrogens is 2. The largest absolute Gasteiger partial charge is 0.516 e. The van der Waals surface area contributed by atoms with E-state index in [2.05, 4.69) is 11.9 Å².